The van der Waals surface area contributed by atoms with Gasteiger partial charge in [0.15, 0.2) is 0 Å². The predicted octanol–water partition coefficient (Wildman–Crippen LogP) is 2.86. The maximum Gasteiger partial charge on any atom is 0.225 e. The molecule has 1 saturated carbocycles. The molecule has 0 bridgehead atoms. The van der Waals surface area contributed by atoms with E-state index in [-0.39, 0.29) is 17.7 Å². The number of unbranched alkanes of at least 4 members (excludes halogenated alkanes) is 1. The summed E-state index contributed by atoms with van der Waals surface area (Å²) in [7, 11) is 0. The summed E-state index contributed by atoms with van der Waals surface area (Å²) in [6, 6.07) is 0.381. The Hall–Kier alpha value is -1.06. The minimum absolute atomic E-state index is 0.0742. The Morgan fingerprint density at radius 3 is 2.52 bits per heavy atom. The highest BCUT2D eigenvalue weighted by Crippen LogP contribution is 2.27. The van der Waals surface area contributed by atoms with Gasteiger partial charge in [0, 0.05) is 25.6 Å². The molecule has 2 rings (SSSR count). The lowest BCUT2D eigenvalue weighted by molar-refractivity contribution is -0.130. The van der Waals surface area contributed by atoms with Crippen LogP contribution in [0.3, 0.4) is 0 Å². The average Bonchev–Trinajstić information content (AvgIpc) is 2.81. The molecule has 0 radical (unpaired) electrons. The van der Waals surface area contributed by atoms with E-state index in [0.29, 0.717) is 19.0 Å². The first-order chi connectivity index (χ1) is 10.2. The first-order valence-corrected chi connectivity index (χ1v) is 8.79. The van der Waals surface area contributed by atoms with Crippen molar-refractivity contribution in [1.82, 2.24) is 10.2 Å². The Balaban J connectivity index is 1.84. The molecule has 2 amide bonds. The van der Waals surface area contributed by atoms with Gasteiger partial charge in [-0.2, -0.15) is 0 Å². The number of carbonyl (C=O) groups excluding carboxylic acids is 2. The zero-order chi connectivity index (χ0) is 15.1. The second-order valence-corrected chi connectivity index (χ2v) is 6.59. The predicted molar refractivity (Wildman–Crippen MR) is 83.8 cm³/mol. The minimum atomic E-state index is -0.125. The van der Waals surface area contributed by atoms with Gasteiger partial charge < -0.3 is 10.2 Å². The van der Waals surface area contributed by atoms with Crippen LogP contribution in [0.5, 0.6) is 0 Å². The summed E-state index contributed by atoms with van der Waals surface area (Å²) in [4.78, 5) is 26.4. The monoisotopic (exact) mass is 294 g/mol. The lowest BCUT2D eigenvalue weighted by Crippen LogP contribution is -2.38. The molecule has 0 aromatic heterocycles. The molecule has 0 spiro atoms. The quantitative estimate of drug-likeness (QED) is 0.793. The fourth-order valence-corrected chi connectivity index (χ4v) is 3.54. The molecule has 1 aliphatic heterocycles. The molecule has 0 aromatic rings. The van der Waals surface area contributed by atoms with E-state index in [1.165, 1.54) is 32.1 Å². The van der Waals surface area contributed by atoms with Gasteiger partial charge in [0.05, 0.1) is 5.92 Å². The fourth-order valence-electron chi connectivity index (χ4n) is 3.54. The molecule has 4 heteroatoms. The summed E-state index contributed by atoms with van der Waals surface area (Å²) in [5.41, 5.74) is 0. The molecular formula is C17H30N2O2. The van der Waals surface area contributed by atoms with Gasteiger partial charge in [-0.25, -0.2) is 0 Å². The van der Waals surface area contributed by atoms with Gasteiger partial charge in [0.2, 0.25) is 11.8 Å². The van der Waals surface area contributed by atoms with Crippen molar-refractivity contribution >= 4 is 11.8 Å². The smallest absolute Gasteiger partial charge is 0.225 e. The van der Waals surface area contributed by atoms with Crippen molar-refractivity contribution in [3.63, 3.8) is 0 Å². The van der Waals surface area contributed by atoms with Gasteiger partial charge in [-0.3, -0.25) is 9.59 Å². The van der Waals surface area contributed by atoms with Crippen LogP contribution in [0.25, 0.3) is 0 Å². The van der Waals surface area contributed by atoms with Crippen molar-refractivity contribution < 1.29 is 9.59 Å². The molecule has 1 unspecified atom stereocenters. The van der Waals surface area contributed by atoms with Gasteiger partial charge >= 0.3 is 0 Å². The van der Waals surface area contributed by atoms with Gasteiger partial charge in [-0.1, -0.05) is 45.4 Å². The van der Waals surface area contributed by atoms with Crippen molar-refractivity contribution in [2.24, 2.45) is 5.92 Å². The second kappa shape index (κ2) is 8.40. The number of nitrogens with one attached hydrogen (secondary N) is 1. The number of amides is 2. The summed E-state index contributed by atoms with van der Waals surface area (Å²) in [5, 5.41) is 2.97. The third-order valence-electron chi connectivity index (χ3n) is 4.87. The lowest BCUT2D eigenvalue weighted by Gasteiger charge is -2.29. The van der Waals surface area contributed by atoms with Crippen LogP contribution >= 0.6 is 0 Å². The van der Waals surface area contributed by atoms with Crippen LogP contribution in [0.4, 0.5) is 0 Å². The van der Waals surface area contributed by atoms with E-state index in [4.69, 9.17) is 0 Å². The number of hydrogen-bond donors (Lipinski definition) is 1. The lowest BCUT2D eigenvalue weighted by atomic mass is 9.96. The maximum atomic E-state index is 12.3. The third-order valence-corrected chi connectivity index (χ3v) is 4.87. The van der Waals surface area contributed by atoms with Crippen molar-refractivity contribution in [3.05, 3.63) is 0 Å². The van der Waals surface area contributed by atoms with Crippen molar-refractivity contribution in [2.75, 3.05) is 13.1 Å². The topological polar surface area (TPSA) is 49.4 Å². The number of hydrogen-bond acceptors (Lipinski definition) is 2. The van der Waals surface area contributed by atoms with E-state index in [9.17, 15) is 9.59 Å². The highest BCUT2D eigenvalue weighted by Gasteiger charge is 2.37. The van der Waals surface area contributed by atoms with Crippen LogP contribution in [0.2, 0.25) is 0 Å². The standard InChI is InChI=1S/C17H30N2O2/c1-2-3-11-18-17(21)14-12-16(20)19(13-14)15-9-7-5-4-6-8-10-15/h14-15H,2-13H2,1H3,(H,18,21). The Bertz CT molecular complexity index is 349. The highest BCUT2D eigenvalue weighted by atomic mass is 16.2. The molecule has 1 heterocycles. The van der Waals surface area contributed by atoms with E-state index in [1.807, 2.05) is 4.90 Å². The van der Waals surface area contributed by atoms with E-state index >= 15 is 0 Å². The van der Waals surface area contributed by atoms with E-state index in [1.54, 1.807) is 0 Å². The Kier molecular flexibility index (Phi) is 6.52. The maximum absolute atomic E-state index is 12.3. The molecule has 1 aliphatic carbocycles. The van der Waals surface area contributed by atoms with E-state index < -0.39 is 0 Å². The average molecular weight is 294 g/mol. The van der Waals surface area contributed by atoms with Gasteiger partial charge in [-0.15, -0.1) is 0 Å². The minimum Gasteiger partial charge on any atom is -0.356 e. The third kappa shape index (κ3) is 4.72. The molecular weight excluding hydrogens is 264 g/mol. The highest BCUT2D eigenvalue weighted by molar-refractivity contribution is 5.89. The molecule has 21 heavy (non-hydrogen) atoms. The normalized spacial score (nSPS) is 24.7. The van der Waals surface area contributed by atoms with Crippen LogP contribution in [0.1, 0.15) is 71.1 Å². The SMILES string of the molecule is CCCCNC(=O)C1CC(=O)N(C2CCCCCCC2)C1. The Morgan fingerprint density at radius 2 is 1.86 bits per heavy atom. The number of carbonyl (C=O) groups is 2. The number of nitrogens with zero attached hydrogens (tertiary/aromatic N) is 1. The van der Waals surface area contributed by atoms with Crippen molar-refractivity contribution in [2.45, 2.75) is 77.2 Å². The summed E-state index contributed by atoms with van der Waals surface area (Å²) in [6.45, 7) is 3.49. The zero-order valence-corrected chi connectivity index (χ0v) is 13.4. The summed E-state index contributed by atoms with van der Waals surface area (Å²) in [6.07, 6.45) is 11.1. The zero-order valence-electron chi connectivity index (χ0n) is 13.4. The van der Waals surface area contributed by atoms with Gasteiger partial charge in [0.1, 0.15) is 0 Å². The van der Waals surface area contributed by atoms with E-state index in [2.05, 4.69) is 12.2 Å². The molecule has 0 aromatic carbocycles. The second-order valence-electron chi connectivity index (χ2n) is 6.59. The molecule has 1 atom stereocenters. The molecule has 1 saturated heterocycles. The van der Waals surface area contributed by atoms with Crippen LogP contribution in [-0.4, -0.2) is 35.8 Å². The van der Waals surface area contributed by atoms with Crippen LogP contribution in [0, 0.1) is 5.92 Å². The van der Waals surface area contributed by atoms with Crippen molar-refractivity contribution in [3.8, 4) is 0 Å². The first kappa shape index (κ1) is 16.3. The molecule has 1 N–H and O–H groups in total. The van der Waals surface area contributed by atoms with Gasteiger partial charge in [0.25, 0.3) is 0 Å². The summed E-state index contributed by atoms with van der Waals surface area (Å²) >= 11 is 0. The molecule has 2 aliphatic rings. The molecule has 2 fully saturated rings. The largest absolute Gasteiger partial charge is 0.356 e. The van der Waals surface area contributed by atoms with Crippen LogP contribution in [-0.2, 0) is 9.59 Å². The first-order valence-electron chi connectivity index (χ1n) is 8.79. The number of likely N-dealkylation sites (tertiary alicyclic amines) is 1. The molecule has 120 valence electrons. The summed E-state index contributed by atoms with van der Waals surface area (Å²) < 4.78 is 0. The van der Waals surface area contributed by atoms with Gasteiger partial charge in [-0.05, 0) is 19.3 Å². The fraction of sp³-hybridized carbons (Fsp3) is 0.882. The Labute approximate surface area is 128 Å². The number of rotatable bonds is 5. The summed E-state index contributed by atoms with van der Waals surface area (Å²) in [5.74, 6) is 0.140. The van der Waals surface area contributed by atoms with E-state index in [0.717, 1.165) is 32.2 Å². The Morgan fingerprint density at radius 1 is 1.19 bits per heavy atom. The van der Waals surface area contributed by atoms with Crippen LogP contribution < -0.4 is 5.32 Å². The van der Waals surface area contributed by atoms with Crippen LogP contribution in [0.15, 0.2) is 0 Å². The molecule has 4 nitrogen and oxygen atoms in total. The van der Waals surface area contributed by atoms with Crippen molar-refractivity contribution in [1.29, 1.82) is 0 Å².